The molecule has 10 rings (SSSR count). The predicted molar refractivity (Wildman–Crippen MR) is 203 cm³/mol. The lowest BCUT2D eigenvalue weighted by Gasteiger charge is -2.32. The first-order valence-corrected chi connectivity index (χ1v) is 17.2. The topological polar surface area (TPSA) is 16.4 Å². The van der Waals surface area contributed by atoms with Crippen LogP contribution in [0.5, 0.6) is 0 Å². The molecule has 0 N–H and O–H groups in total. The van der Waals surface area contributed by atoms with Gasteiger partial charge in [0.2, 0.25) is 0 Å². The zero-order valence-corrected chi connectivity index (χ0v) is 27.9. The van der Waals surface area contributed by atoms with Crippen molar-refractivity contribution in [1.82, 2.24) is 0 Å². The number of fused-ring (bicyclic) bond motifs is 9. The molecule has 0 atom stereocenters. The van der Waals surface area contributed by atoms with Crippen LogP contribution in [0.1, 0.15) is 48.6 Å². The summed E-state index contributed by atoms with van der Waals surface area (Å²) >= 11 is 0. The molecule has 49 heavy (non-hydrogen) atoms. The van der Waals surface area contributed by atoms with Gasteiger partial charge in [0.15, 0.2) is 0 Å². The molecule has 0 fully saturated rings. The van der Waals surface area contributed by atoms with E-state index in [0.717, 1.165) is 39.0 Å². The molecule has 0 saturated heterocycles. The Labute approximate surface area is 286 Å². The molecule has 2 aliphatic carbocycles. The molecule has 234 valence electrons. The third-order valence-corrected chi connectivity index (χ3v) is 11.3. The highest BCUT2D eigenvalue weighted by atomic mass is 16.3. The quantitative estimate of drug-likeness (QED) is 0.193. The molecule has 1 aromatic heterocycles. The van der Waals surface area contributed by atoms with E-state index in [1.54, 1.807) is 0 Å². The van der Waals surface area contributed by atoms with E-state index in [-0.39, 0.29) is 10.8 Å². The second-order valence-corrected chi connectivity index (χ2v) is 14.3. The van der Waals surface area contributed by atoms with E-state index in [4.69, 9.17) is 4.42 Å². The Hall–Kier alpha value is -5.86. The average molecular weight is 630 g/mol. The van der Waals surface area contributed by atoms with Crippen LogP contribution in [0.4, 0.5) is 17.1 Å². The third-order valence-electron chi connectivity index (χ3n) is 11.3. The lowest BCUT2D eigenvalue weighted by molar-refractivity contribution is 0.660. The number of furan rings is 1. The van der Waals surface area contributed by atoms with E-state index in [9.17, 15) is 0 Å². The van der Waals surface area contributed by atoms with Crippen LogP contribution in [0.25, 0.3) is 44.2 Å². The molecular formula is C47H35NO. The first kappa shape index (κ1) is 28.2. The summed E-state index contributed by atoms with van der Waals surface area (Å²) < 4.78 is 6.76. The summed E-state index contributed by atoms with van der Waals surface area (Å²) in [4.78, 5) is 2.45. The van der Waals surface area contributed by atoms with Gasteiger partial charge in [0.25, 0.3) is 0 Å². The fourth-order valence-electron chi connectivity index (χ4n) is 8.90. The fourth-order valence-corrected chi connectivity index (χ4v) is 8.90. The Bertz CT molecular complexity index is 2560. The van der Waals surface area contributed by atoms with Crippen LogP contribution in [0.15, 0.2) is 162 Å². The van der Waals surface area contributed by atoms with E-state index in [1.165, 1.54) is 50.1 Å². The van der Waals surface area contributed by atoms with Crippen LogP contribution >= 0.6 is 0 Å². The number of hydrogen-bond acceptors (Lipinski definition) is 2. The number of rotatable bonds is 4. The van der Waals surface area contributed by atoms with Gasteiger partial charge in [-0.25, -0.2) is 0 Å². The van der Waals surface area contributed by atoms with Gasteiger partial charge >= 0.3 is 0 Å². The molecule has 0 bridgehead atoms. The van der Waals surface area contributed by atoms with E-state index < -0.39 is 0 Å². The third kappa shape index (κ3) is 3.83. The summed E-state index contributed by atoms with van der Waals surface area (Å²) in [6, 6.07) is 57.7. The normalized spacial score (nSPS) is 14.8. The van der Waals surface area contributed by atoms with Crippen molar-refractivity contribution in [3.63, 3.8) is 0 Å². The van der Waals surface area contributed by atoms with E-state index >= 15 is 0 Å². The number of para-hydroxylation sites is 2. The van der Waals surface area contributed by atoms with Crippen molar-refractivity contribution in [3.8, 4) is 22.3 Å². The zero-order valence-electron chi connectivity index (χ0n) is 27.9. The average Bonchev–Trinajstić information content (AvgIpc) is 3.73. The molecule has 1 heterocycles. The second kappa shape index (κ2) is 10.1. The minimum atomic E-state index is -0.376. The van der Waals surface area contributed by atoms with Gasteiger partial charge in [-0.3, -0.25) is 0 Å². The summed E-state index contributed by atoms with van der Waals surface area (Å²) in [6.07, 6.45) is 0. The molecule has 7 aromatic carbocycles. The van der Waals surface area contributed by atoms with Gasteiger partial charge in [0.05, 0.1) is 11.1 Å². The molecule has 0 spiro atoms. The van der Waals surface area contributed by atoms with Crippen LogP contribution in [-0.4, -0.2) is 0 Å². The number of benzene rings is 7. The van der Waals surface area contributed by atoms with Gasteiger partial charge in [-0.15, -0.1) is 0 Å². The van der Waals surface area contributed by atoms with Crippen LogP contribution in [0.2, 0.25) is 0 Å². The van der Waals surface area contributed by atoms with Gasteiger partial charge < -0.3 is 9.32 Å². The van der Waals surface area contributed by atoms with Crippen LogP contribution in [-0.2, 0) is 10.8 Å². The summed E-state index contributed by atoms with van der Waals surface area (Å²) in [5.41, 5.74) is 16.5. The van der Waals surface area contributed by atoms with Crippen molar-refractivity contribution in [2.45, 2.75) is 31.6 Å². The summed E-state index contributed by atoms with van der Waals surface area (Å²) in [5.74, 6) is 0. The maximum Gasteiger partial charge on any atom is 0.137 e. The Balaban J connectivity index is 1.29. The van der Waals surface area contributed by atoms with Gasteiger partial charge in [0.1, 0.15) is 11.2 Å². The number of nitrogens with zero attached hydrogens (tertiary/aromatic N) is 1. The van der Waals surface area contributed by atoms with E-state index in [2.05, 4.69) is 183 Å². The molecule has 0 saturated carbocycles. The van der Waals surface area contributed by atoms with Crippen LogP contribution < -0.4 is 4.90 Å². The highest BCUT2D eigenvalue weighted by Crippen LogP contribution is 2.55. The molecular weight excluding hydrogens is 595 g/mol. The zero-order chi connectivity index (χ0) is 32.9. The van der Waals surface area contributed by atoms with E-state index in [0.29, 0.717) is 0 Å². The largest absolute Gasteiger partial charge is 0.456 e. The molecule has 0 radical (unpaired) electrons. The van der Waals surface area contributed by atoms with Crippen molar-refractivity contribution in [2.24, 2.45) is 0 Å². The first-order valence-electron chi connectivity index (χ1n) is 17.2. The van der Waals surface area contributed by atoms with E-state index in [1.807, 2.05) is 0 Å². The maximum absolute atomic E-state index is 6.76. The van der Waals surface area contributed by atoms with Crippen LogP contribution in [0.3, 0.4) is 0 Å². The highest BCUT2D eigenvalue weighted by molar-refractivity contribution is 6.14. The molecule has 2 nitrogen and oxygen atoms in total. The van der Waals surface area contributed by atoms with Gasteiger partial charge in [-0.1, -0.05) is 129 Å². The molecule has 0 amide bonds. The summed E-state index contributed by atoms with van der Waals surface area (Å²) in [7, 11) is 0. The smallest absolute Gasteiger partial charge is 0.137 e. The molecule has 0 aliphatic heterocycles. The van der Waals surface area contributed by atoms with Crippen molar-refractivity contribution in [3.05, 3.63) is 186 Å². The molecule has 8 aromatic rings. The van der Waals surface area contributed by atoms with Gasteiger partial charge in [-0.05, 0) is 99.5 Å². The Morgan fingerprint density at radius 3 is 1.73 bits per heavy atom. The molecule has 2 heteroatoms. The number of anilines is 3. The van der Waals surface area contributed by atoms with Crippen molar-refractivity contribution in [1.29, 1.82) is 0 Å². The van der Waals surface area contributed by atoms with Gasteiger partial charge in [0, 0.05) is 27.6 Å². The van der Waals surface area contributed by atoms with Crippen molar-refractivity contribution in [2.75, 3.05) is 4.90 Å². The predicted octanol–water partition coefficient (Wildman–Crippen LogP) is 12.7. The second-order valence-electron chi connectivity index (χ2n) is 14.3. The minimum absolute atomic E-state index is 0.117. The lowest BCUT2D eigenvalue weighted by Crippen LogP contribution is -2.23. The number of hydrogen-bond donors (Lipinski definition) is 0. The summed E-state index contributed by atoms with van der Waals surface area (Å²) in [6.45, 7) is 7.09. The molecule has 2 aliphatic rings. The minimum Gasteiger partial charge on any atom is -0.456 e. The van der Waals surface area contributed by atoms with Crippen molar-refractivity contribution >= 4 is 39.0 Å². The first-order chi connectivity index (χ1) is 23.9. The van der Waals surface area contributed by atoms with Crippen LogP contribution in [0, 0.1) is 0 Å². The monoisotopic (exact) mass is 629 g/mol. The van der Waals surface area contributed by atoms with Gasteiger partial charge in [-0.2, -0.15) is 0 Å². The molecule has 0 unspecified atom stereocenters. The Morgan fingerprint density at radius 2 is 1.02 bits per heavy atom. The SMILES string of the molecule is CC1(C)c2ccccc2-c2ccc(N(c3ccccc3)c3cc(C4(C)c5ccccc5-c5ccccc54)cc4oc5ccccc5c34)cc21. The maximum atomic E-state index is 6.76. The summed E-state index contributed by atoms with van der Waals surface area (Å²) in [5, 5.41) is 2.24. The lowest BCUT2D eigenvalue weighted by atomic mass is 9.74. The fraction of sp³-hybridized carbons (Fsp3) is 0.106. The Morgan fingerprint density at radius 1 is 0.449 bits per heavy atom. The van der Waals surface area contributed by atoms with Crippen molar-refractivity contribution < 1.29 is 4.42 Å². The Kier molecular flexibility index (Phi) is 5.79. The highest BCUT2D eigenvalue weighted by Gasteiger charge is 2.42. The standard InChI is InChI=1S/C47H35NO/c1-46(2)38-21-11-7-17-33(38)36-26-25-32(29-41(36)46)48(31-15-5-4-6-16-31)42-27-30(28-44-45(42)37-20-10-14-24-43(37)49-44)47(3)39-22-12-8-18-34(39)35-19-9-13-23-40(35)47/h4-29H,1-3H3.